The Balaban J connectivity index is 1.43. The Labute approximate surface area is 234 Å². The summed E-state index contributed by atoms with van der Waals surface area (Å²) in [6.07, 6.45) is 2.41. The van der Waals surface area contributed by atoms with Crippen LogP contribution in [0.3, 0.4) is 0 Å². The van der Waals surface area contributed by atoms with E-state index in [1.54, 1.807) is 29.2 Å². The van der Waals surface area contributed by atoms with Crippen molar-refractivity contribution in [2.24, 2.45) is 5.92 Å². The van der Waals surface area contributed by atoms with Crippen LogP contribution in [0.4, 0.5) is 27.9 Å². The average molecular weight is 587 g/mol. The highest BCUT2D eigenvalue weighted by atomic mass is 19.4. The topological polar surface area (TPSA) is 118 Å². The molecule has 0 aromatic carbocycles. The van der Waals surface area contributed by atoms with Crippen molar-refractivity contribution in [2.45, 2.75) is 31.6 Å². The molecule has 0 radical (unpaired) electrons. The predicted octanol–water partition coefficient (Wildman–Crippen LogP) is 4.83. The molecule has 0 saturated carbocycles. The lowest BCUT2D eigenvalue weighted by Crippen LogP contribution is -2.27. The average Bonchev–Trinajstić information content (AvgIpc) is 3.59. The molecule has 1 aliphatic rings. The van der Waals surface area contributed by atoms with Crippen molar-refractivity contribution in [3.05, 3.63) is 82.8 Å². The minimum atomic E-state index is -4.56. The molecule has 218 valence electrons. The first-order chi connectivity index (χ1) is 20.1. The van der Waals surface area contributed by atoms with E-state index in [1.165, 1.54) is 22.8 Å². The number of hydrogen-bond donors (Lipinski definition) is 1. The quantitative estimate of drug-likeness (QED) is 0.283. The van der Waals surface area contributed by atoms with Crippen molar-refractivity contribution < 1.29 is 26.7 Å². The number of nitrogens with zero attached hydrogens (tertiary/aromatic N) is 7. The van der Waals surface area contributed by atoms with Gasteiger partial charge in [0.05, 0.1) is 17.9 Å². The Morgan fingerprint density at radius 1 is 0.976 bits per heavy atom. The SMILES string of the molecule is Nc1nc2cc(-c3cnn(C(c4ccc(C(F)(F)F)nc4)C4CCOCC4)c3)cc(-c3ccc(=O)n(C(F)F)c3)n2n1. The van der Waals surface area contributed by atoms with Gasteiger partial charge in [0.2, 0.25) is 5.95 Å². The van der Waals surface area contributed by atoms with Gasteiger partial charge in [0.1, 0.15) is 5.69 Å². The van der Waals surface area contributed by atoms with E-state index in [2.05, 4.69) is 20.2 Å². The van der Waals surface area contributed by atoms with Crippen LogP contribution < -0.4 is 11.3 Å². The molecular formula is C27H23F5N8O2. The zero-order chi connectivity index (χ0) is 29.6. The number of halogens is 5. The molecule has 6 heterocycles. The maximum absolute atomic E-state index is 13.5. The molecular weight excluding hydrogens is 563 g/mol. The van der Waals surface area contributed by atoms with Crippen molar-refractivity contribution in [2.75, 3.05) is 18.9 Å². The standard InChI is InChI=1S/C27H23F5N8O2/c28-25(29)38-13-17(2-4-23(38)41)20-9-18(10-22-36-26(33)37-40(20)22)19-12-35-39(14-19)24(15-5-7-42-8-6-15)16-1-3-21(34-11-16)27(30,31)32/h1-4,9-15,24-25H,5-8H2,(H2,33,37). The van der Waals surface area contributed by atoms with E-state index in [1.807, 2.05) is 0 Å². The van der Waals surface area contributed by atoms with Gasteiger partial charge in [-0.2, -0.15) is 32.0 Å². The summed E-state index contributed by atoms with van der Waals surface area (Å²) in [6, 6.07) is 7.77. The Kier molecular flexibility index (Phi) is 6.96. The van der Waals surface area contributed by atoms with Crippen LogP contribution >= 0.6 is 0 Å². The summed E-state index contributed by atoms with van der Waals surface area (Å²) in [5, 5.41) is 8.73. The second kappa shape index (κ2) is 10.6. The first kappa shape index (κ1) is 27.5. The van der Waals surface area contributed by atoms with Crippen LogP contribution in [0.2, 0.25) is 0 Å². The number of nitrogen functional groups attached to an aromatic ring is 1. The molecule has 0 amide bonds. The zero-order valence-corrected chi connectivity index (χ0v) is 21.7. The molecule has 0 spiro atoms. The van der Waals surface area contributed by atoms with Crippen molar-refractivity contribution in [3.8, 4) is 22.4 Å². The van der Waals surface area contributed by atoms with Crippen molar-refractivity contribution in [1.82, 2.24) is 33.9 Å². The fourth-order valence-electron chi connectivity index (χ4n) is 5.24. The van der Waals surface area contributed by atoms with Gasteiger partial charge in [0.15, 0.2) is 5.65 Å². The summed E-state index contributed by atoms with van der Waals surface area (Å²) >= 11 is 0. The maximum atomic E-state index is 13.5. The number of hydrogen-bond acceptors (Lipinski definition) is 7. The normalized spacial score (nSPS) is 15.5. The fourth-order valence-corrected chi connectivity index (χ4v) is 5.24. The van der Waals surface area contributed by atoms with Crippen LogP contribution in [0.1, 0.15) is 36.7 Å². The first-order valence-corrected chi connectivity index (χ1v) is 12.9. The van der Waals surface area contributed by atoms with Crippen molar-refractivity contribution in [1.29, 1.82) is 0 Å². The molecule has 5 aromatic rings. The van der Waals surface area contributed by atoms with Gasteiger partial charge in [-0.3, -0.25) is 19.0 Å². The van der Waals surface area contributed by atoms with E-state index in [0.717, 1.165) is 18.3 Å². The van der Waals surface area contributed by atoms with Gasteiger partial charge in [0, 0.05) is 49.0 Å². The van der Waals surface area contributed by atoms with Gasteiger partial charge in [-0.15, -0.1) is 5.10 Å². The maximum Gasteiger partial charge on any atom is 0.433 e. The van der Waals surface area contributed by atoms with Crippen LogP contribution in [0, 0.1) is 5.92 Å². The highest BCUT2D eigenvalue weighted by molar-refractivity contribution is 5.74. The molecule has 5 aromatic heterocycles. The zero-order valence-electron chi connectivity index (χ0n) is 21.7. The van der Waals surface area contributed by atoms with Gasteiger partial charge in [-0.05, 0) is 54.2 Å². The largest absolute Gasteiger partial charge is 0.433 e. The monoisotopic (exact) mass is 586 g/mol. The van der Waals surface area contributed by atoms with Crippen LogP contribution in [0.5, 0.6) is 0 Å². The molecule has 6 rings (SSSR count). The highest BCUT2D eigenvalue weighted by Crippen LogP contribution is 2.36. The third kappa shape index (κ3) is 5.22. The second-order valence-electron chi connectivity index (χ2n) is 9.89. The van der Waals surface area contributed by atoms with E-state index in [0.29, 0.717) is 58.7 Å². The van der Waals surface area contributed by atoms with Crippen LogP contribution in [-0.4, -0.2) is 47.1 Å². The minimum Gasteiger partial charge on any atom is -0.381 e. The van der Waals surface area contributed by atoms with Crippen molar-refractivity contribution >= 4 is 11.6 Å². The Bertz CT molecular complexity index is 1790. The van der Waals surface area contributed by atoms with Gasteiger partial charge in [-0.25, -0.2) is 4.52 Å². The molecule has 1 saturated heterocycles. The lowest BCUT2D eigenvalue weighted by atomic mass is 9.87. The fraction of sp³-hybridized carbons (Fsp3) is 0.296. The smallest absolute Gasteiger partial charge is 0.381 e. The number of alkyl halides is 5. The molecule has 42 heavy (non-hydrogen) atoms. The summed E-state index contributed by atoms with van der Waals surface area (Å²) < 4.78 is 75.3. The molecule has 2 N–H and O–H groups in total. The summed E-state index contributed by atoms with van der Waals surface area (Å²) in [4.78, 5) is 19.8. The van der Waals surface area contributed by atoms with E-state index in [-0.39, 0.29) is 17.4 Å². The Hall–Kier alpha value is -4.66. The van der Waals surface area contributed by atoms with E-state index >= 15 is 0 Å². The second-order valence-corrected chi connectivity index (χ2v) is 9.89. The lowest BCUT2D eigenvalue weighted by Gasteiger charge is -2.30. The number of aromatic nitrogens is 7. The Morgan fingerprint density at radius 2 is 1.76 bits per heavy atom. The summed E-state index contributed by atoms with van der Waals surface area (Å²) in [5.41, 5.74) is 6.73. The summed E-state index contributed by atoms with van der Waals surface area (Å²) in [7, 11) is 0. The highest BCUT2D eigenvalue weighted by Gasteiger charge is 2.34. The molecule has 1 atom stereocenters. The third-order valence-corrected chi connectivity index (χ3v) is 7.25. The number of ether oxygens (including phenoxy) is 1. The number of pyridine rings is 3. The van der Waals surface area contributed by atoms with Crippen LogP contribution in [0.25, 0.3) is 28.0 Å². The number of anilines is 1. The molecule has 10 nitrogen and oxygen atoms in total. The summed E-state index contributed by atoms with van der Waals surface area (Å²) in [6.45, 7) is -2.02. The van der Waals surface area contributed by atoms with Gasteiger partial charge in [0.25, 0.3) is 5.56 Å². The Morgan fingerprint density at radius 3 is 2.45 bits per heavy atom. The van der Waals surface area contributed by atoms with E-state index in [4.69, 9.17) is 10.5 Å². The molecule has 15 heteroatoms. The first-order valence-electron chi connectivity index (χ1n) is 12.9. The lowest BCUT2D eigenvalue weighted by molar-refractivity contribution is -0.141. The molecule has 1 unspecified atom stereocenters. The van der Waals surface area contributed by atoms with Crippen LogP contribution in [0.15, 0.2) is 66.0 Å². The number of rotatable bonds is 6. The van der Waals surface area contributed by atoms with Gasteiger partial charge < -0.3 is 10.5 Å². The number of nitrogens with two attached hydrogens (primary N) is 1. The van der Waals surface area contributed by atoms with Crippen molar-refractivity contribution in [3.63, 3.8) is 0 Å². The molecule has 1 aliphatic heterocycles. The van der Waals surface area contributed by atoms with E-state index < -0.39 is 30.0 Å². The predicted molar refractivity (Wildman–Crippen MR) is 140 cm³/mol. The van der Waals surface area contributed by atoms with Gasteiger partial charge in [-0.1, -0.05) is 6.07 Å². The molecule has 1 fully saturated rings. The molecule has 0 bridgehead atoms. The van der Waals surface area contributed by atoms with Crippen LogP contribution in [-0.2, 0) is 10.9 Å². The summed E-state index contributed by atoms with van der Waals surface area (Å²) in [5.74, 6) is -0.0181. The molecule has 0 aliphatic carbocycles. The minimum absolute atomic E-state index is 0.0229. The third-order valence-electron chi connectivity index (χ3n) is 7.25. The van der Waals surface area contributed by atoms with E-state index in [9.17, 15) is 26.7 Å². The van der Waals surface area contributed by atoms with Gasteiger partial charge >= 0.3 is 12.7 Å². The number of fused-ring (bicyclic) bond motifs is 1.